The number of benzene rings is 1. The quantitative estimate of drug-likeness (QED) is 0.459. The summed E-state index contributed by atoms with van der Waals surface area (Å²) in [4.78, 5) is 0. The van der Waals surface area contributed by atoms with E-state index in [-0.39, 0.29) is 28.3 Å². The van der Waals surface area contributed by atoms with E-state index in [1.807, 2.05) is 0 Å². The lowest BCUT2D eigenvalue weighted by molar-refractivity contribution is -0.378. The standard InChI is InChI=1S/C13H19F3O3Si/c1-7(2)17-13(19-20,18-8(3)4)9-5-10(14)12(16)11(15)6-9/h5-8H,1-4,20H3. The van der Waals surface area contributed by atoms with Crippen LogP contribution in [-0.2, 0) is 19.9 Å². The van der Waals surface area contributed by atoms with Crippen LogP contribution in [0.15, 0.2) is 12.1 Å². The van der Waals surface area contributed by atoms with E-state index in [2.05, 4.69) is 0 Å². The maximum atomic E-state index is 13.4. The first-order valence-electron chi connectivity index (χ1n) is 6.27. The molecule has 0 saturated heterocycles. The molecule has 0 aromatic heterocycles. The van der Waals surface area contributed by atoms with Crippen LogP contribution in [0.4, 0.5) is 13.2 Å². The van der Waals surface area contributed by atoms with Crippen molar-refractivity contribution in [2.45, 2.75) is 45.9 Å². The second-order valence-electron chi connectivity index (χ2n) is 4.85. The third-order valence-corrected chi connectivity index (χ3v) is 2.93. The van der Waals surface area contributed by atoms with Crippen LogP contribution in [0, 0.1) is 17.5 Å². The Kier molecular flexibility index (Phi) is 5.75. The van der Waals surface area contributed by atoms with E-state index in [1.165, 1.54) is 0 Å². The zero-order chi connectivity index (χ0) is 15.5. The highest BCUT2D eigenvalue weighted by Gasteiger charge is 2.38. The van der Waals surface area contributed by atoms with Gasteiger partial charge in [0.2, 0.25) is 0 Å². The van der Waals surface area contributed by atoms with Crippen molar-refractivity contribution < 1.29 is 27.1 Å². The van der Waals surface area contributed by atoms with Crippen molar-refractivity contribution >= 4 is 10.5 Å². The smallest absolute Gasteiger partial charge is 0.302 e. The van der Waals surface area contributed by atoms with E-state index < -0.39 is 23.4 Å². The topological polar surface area (TPSA) is 27.7 Å². The minimum absolute atomic E-state index is 0.0497. The Morgan fingerprint density at radius 2 is 1.35 bits per heavy atom. The third-order valence-electron chi connectivity index (χ3n) is 2.39. The van der Waals surface area contributed by atoms with Gasteiger partial charge in [-0.25, -0.2) is 13.2 Å². The highest BCUT2D eigenvalue weighted by Crippen LogP contribution is 2.32. The highest BCUT2D eigenvalue weighted by molar-refractivity contribution is 5.98. The fourth-order valence-electron chi connectivity index (χ4n) is 1.73. The molecule has 7 heteroatoms. The molecule has 114 valence electrons. The summed E-state index contributed by atoms with van der Waals surface area (Å²) < 4.78 is 56.4. The van der Waals surface area contributed by atoms with Gasteiger partial charge in [0, 0.05) is 5.56 Å². The predicted octanol–water partition coefficient (Wildman–Crippen LogP) is 2.36. The van der Waals surface area contributed by atoms with Gasteiger partial charge >= 0.3 is 5.97 Å². The van der Waals surface area contributed by atoms with Crippen LogP contribution < -0.4 is 0 Å². The molecule has 0 aliphatic carbocycles. The SMILES string of the molecule is CC(C)OC(O[SiH3])(OC(C)C)c1cc(F)c(F)c(F)c1. The van der Waals surface area contributed by atoms with Crippen molar-refractivity contribution in [2.75, 3.05) is 0 Å². The van der Waals surface area contributed by atoms with Crippen LogP contribution in [0.3, 0.4) is 0 Å². The van der Waals surface area contributed by atoms with Crippen LogP contribution in [0.25, 0.3) is 0 Å². The van der Waals surface area contributed by atoms with Gasteiger partial charge in [-0.3, -0.25) is 0 Å². The first-order chi connectivity index (χ1) is 9.21. The van der Waals surface area contributed by atoms with Crippen molar-refractivity contribution in [3.05, 3.63) is 35.1 Å². The maximum absolute atomic E-state index is 13.4. The molecule has 3 nitrogen and oxygen atoms in total. The summed E-state index contributed by atoms with van der Waals surface area (Å²) in [6.45, 7) is 6.93. The molecule has 0 aliphatic rings. The summed E-state index contributed by atoms with van der Waals surface area (Å²) in [5, 5.41) is 0. The van der Waals surface area contributed by atoms with Gasteiger partial charge in [0.15, 0.2) is 27.9 Å². The average molecular weight is 308 g/mol. The third kappa shape index (κ3) is 3.82. The zero-order valence-electron chi connectivity index (χ0n) is 12.2. The van der Waals surface area contributed by atoms with E-state index in [1.54, 1.807) is 27.7 Å². The summed E-state index contributed by atoms with van der Waals surface area (Å²) in [5.74, 6) is -5.90. The van der Waals surface area contributed by atoms with E-state index in [0.717, 1.165) is 12.1 Å². The molecule has 0 fully saturated rings. The Morgan fingerprint density at radius 1 is 0.950 bits per heavy atom. The Morgan fingerprint density at radius 3 is 1.65 bits per heavy atom. The Hall–Kier alpha value is -0.893. The molecule has 1 rings (SSSR count). The van der Waals surface area contributed by atoms with Gasteiger partial charge in [-0.15, -0.1) is 0 Å². The fraction of sp³-hybridized carbons (Fsp3) is 0.538. The molecule has 20 heavy (non-hydrogen) atoms. The monoisotopic (exact) mass is 308 g/mol. The summed E-state index contributed by atoms with van der Waals surface area (Å²) in [7, 11) is 0.197. The predicted molar refractivity (Wildman–Crippen MR) is 71.5 cm³/mol. The van der Waals surface area contributed by atoms with Crippen LogP contribution in [0.2, 0.25) is 0 Å². The molecule has 1 aromatic carbocycles. The van der Waals surface area contributed by atoms with Crippen LogP contribution >= 0.6 is 0 Å². The van der Waals surface area contributed by atoms with Gasteiger partial charge in [-0.1, -0.05) is 0 Å². The second-order valence-corrected chi connectivity index (χ2v) is 5.26. The number of hydrogen-bond acceptors (Lipinski definition) is 3. The molecule has 0 N–H and O–H groups in total. The zero-order valence-corrected chi connectivity index (χ0v) is 14.2. The van der Waals surface area contributed by atoms with Gasteiger partial charge < -0.3 is 13.9 Å². The molecule has 0 radical (unpaired) electrons. The number of ether oxygens (including phenoxy) is 2. The Balaban J connectivity index is 3.35. The van der Waals surface area contributed by atoms with Gasteiger partial charge in [-0.2, -0.15) is 0 Å². The molecule has 0 heterocycles. The molecule has 1 aromatic rings. The van der Waals surface area contributed by atoms with Gasteiger partial charge in [0.05, 0.1) is 12.2 Å². The molecule has 0 bridgehead atoms. The van der Waals surface area contributed by atoms with Gasteiger partial charge in [0.1, 0.15) is 0 Å². The Bertz CT molecular complexity index is 433. The van der Waals surface area contributed by atoms with Crippen molar-refractivity contribution in [3.63, 3.8) is 0 Å². The lowest BCUT2D eigenvalue weighted by Crippen LogP contribution is -2.40. The first kappa shape index (κ1) is 17.2. The van der Waals surface area contributed by atoms with Crippen molar-refractivity contribution in [2.24, 2.45) is 0 Å². The summed E-state index contributed by atoms with van der Waals surface area (Å²) in [6, 6.07) is 1.64. The van der Waals surface area contributed by atoms with E-state index in [0.29, 0.717) is 0 Å². The summed E-state index contributed by atoms with van der Waals surface area (Å²) in [6.07, 6.45) is -0.641. The summed E-state index contributed by atoms with van der Waals surface area (Å²) in [5.41, 5.74) is -0.0497. The minimum atomic E-state index is -1.73. The van der Waals surface area contributed by atoms with Crippen LogP contribution in [0.1, 0.15) is 33.3 Å². The lowest BCUT2D eigenvalue weighted by Gasteiger charge is -2.36. The molecule has 0 spiro atoms. The molecule has 0 unspecified atom stereocenters. The molecule has 0 atom stereocenters. The largest absolute Gasteiger partial charge is 0.376 e. The number of rotatable bonds is 6. The molecule has 0 saturated carbocycles. The molecular formula is C13H19F3O3Si. The molecule has 0 aliphatic heterocycles. The van der Waals surface area contributed by atoms with Gasteiger partial charge in [-0.05, 0) is 39.8 Å². The summed E-state index contributed by atoms with van der Waals surface area (Å²) >= 11 is 0. The van der Waals surface area contributed by atoms with Crippen molar-refractivity contribution in [3.8, 4) is 0 Å². The average Bonchev–Trinajstić information content (AvgIpc) is 2.33. The first-order valence-corrected chi connectivity index (χ1v) is 7.09. The number of hydrogen-bond donors (Lipinski definition) is 0. The number of halogens is 3. The second kappa shape index (κ2) is 6.71. The lowest BCUT2D eigenvalue weighted by atomic mass is 10.1. The van der Waals surface area contributed by atoms with Crippen molar-refractivity contribution in [1.82, 2.24) is 0 Å². The van der Waals surface area contributed by atoms with E-state index >= 15 is 0 Å². The van der Waals surface area contributed by atoms with Crippen molar-refractivity contribution in [1.29, 1.82) is 0 Å². The van der Waals surface area contributed by atoms with Crippen LogP contribution in [-0.4, -0.2) is 22.7 Å². The fourth-order valence-corrected chi connectivity index (χ4v) is 2.16. The van der Waals surface area contributed by atoms with E-state index in [4.69, 9.17) is 13.9 Å². The molecular weight excluding hydrogens is 289 g/mol. The maximum Gasteiger partial charge on any atom is 0.302 e. The Labute approximate surface area is 119 Å². The highest BCUT2D eigenvalue weighted by atomic mass is 28.2. The van der Waals surface area contributed by atoms with E-state index in [9.17, 15) is 13.2 Å². The normalized spacial score (nSPS) is 12.7. The van der Waals surface area contributed by atoms with Crippen LogP contribution in [0.5, 0.6) is 0 Å². The minimum Gasteiger partial charge on any atom is -0.376 e. The van der Waals surface area contributed by atoms with Gasteiger partial charge in [0.25, 0.3) is 0 Å². The molecule has 0 amide bonds.